The van der Waals surface area contributed by atoms with Gasteiger partial charge in [0.05, 0.1) is 19.3 Å². The number of rotatable bonds is 5. The van der Waals surface area contributed by atoms with Crippen molar-refractivity contribution in [2.24, 2.45) is 0 Å². The SMILES string of the molecule is COc1cccc(CNCC(=O)N2CCCCC2)n1. The molecule has 1 saturated heterocycles. The van der Waals surface area contributed by atoms with Crippen LogP contribution in [0.4, 0.5) is 0 Å². The molecule has 0 bridgehead atoms. The lowest BCUT2D eigenvalue weighted by molar-refractivity contribution is -0.131. The Bertz CT molecular complexity index is 417. The molecule has 1 aromatic rings. The first-order valence-electron chi connectivity index (χ1n) is 6.78. The number of hydrogen-bond acceptors (Lipinski definition) is 4. The van der Waals surface area contributed by atoms with Crippen molar-refractivity contribution < 1.29 is 9.53 Å². The lowest BCUT2D eigenvalue weighted by Gasteiger charge is -2.26. The first kappa shape index (κ1) is 13.8. The maximum absolute atomic E-state index is 11.9. The first-order valence-corrected chi connectivity index (χ1v) is 6.78. The summed E-state index contributed by atoms with van der Waals surface area (Å²) in [5.41, 5.74) is 0.880. The number of amides is 1. The summed E-state index contributed by atoms with van der Waals surface area (Å²) in [6.45, 7) is 2.76. The molecular formula is C14H21N3O2. The monoisotopic (exact) mass is 263 g/mol. The molecular weight excluding hydrogens is 242 g/mol. The molecule has 2 heterocycles. The highest BCUT2D eigenvalue weighted by Gasteiger charge is 2.15. The summed E-state index contributed by atoms with van der Waals surface area (Å²) in [4.78, 5) is 18.2. The largest absolute Gasteiger partial charge is 0.481 e. The topological polar surface area (TPSA) is 54.5 Å². The van der Waals surface area contributed by atoms with E-state index >= 15 is 0 Å². The molecule has 1 amide bonds. The Labute approximate surface area is 114 Å². The normalized spacial score (nSPS) is 15.3. The molecule has 19 heavy (non-hydrogen) atoms. The van der Waals surface area contributed by atoms with Crippen LogP contribution in [-0.2, 0) is 11.3 Å². The molecule has 5 nitrogen and oxygen atoms in total. The van der Waals surface area contributed by atoms with Crippen molar-refractivity contribution in [2.45, 2.75) is 25.8 Å². The average molecular weight is 263 g/mol. The minimum absolute atomic E-state index is 0.183. The maximum Gasteiger partial charge on any atom is 0.236 e. The molecule has 0 saturated carbocycles. The van der Waals surface area contributed by atoms with E-state index in [4.69, 9.17) is 4.74 Å². The smallest absolute Gasteiger partial charge is 0.236 e. The minimum atomic E-state index is 0.183. The molecule has 5 heteroatoms. The fourth-order valence-corrected chi connectivity index (χ4v) is 2.22. The number of carbonyl (C=O) groups excluding carboxylic acids is 1. The van der Waals surface area contributed by atoms with Gasteiger partial charge in [-0.1, -0.05) is 6.07 Å². The molecule has 1 aliphatic rings. The number of pyridine rings is 1. The number of hydrogen-bond donors (Lipinski definition) is 1. The molecule has 0 spiro atoms. The Morgan fingerprint density at radius 2 is 2.16 bits per heavy atom. The van der Waals surface area contributed by atoms with Crippen molar-refractivity contribution >= 4 is 5.91 Å². The van der Waals surface area contributed by atoms with Gasteiger partial charge in [-0.05, 0) is 25.3 Å². The van der Waals surface area contributed by atoms with E-state index in [-0.39, 0.29) is 5.91 Å². The molecule has 0 aromatic carbocycles. The molecule has 0 radical (unpaired) electrons. The molecule has 0 aliphatic carbocycles. The summed E-state index contributed by atoms with van der Waals surface area (Å²) in [6, 6.07) is 5.62. The zero-order valence-electron chi connectivity index (χ0n) is 11.4. The standard InChI is InChI=1S/C14H21N3O2/c1-19-13-7-5-6-12(16-13)10-15-11-14(18)17-8-3-2-4-9-17/h5-7,15H,2-4,8-11H2,1H3. The van der Waals surface area contributed by atoms with Gasteiger partial charge in [0.15, 0.2) is 0 Å². The van der Waals surface area contributed by atoms with Crippen molar-refractivity contribution in [1.29, 1.82) is 0 Å². The Morgan fingerprint density at radius 3 is 2.89 bits per heavy atom. The van der Waals surface area contributed by atoms with Crippen molar-refractivity contribution in [2.75, 3.05) is 26.7 Å². The number of ether oxygens (including phenoxy) is 1. The zero-order valence-corrected chi connectivity index (χ0v) is 11.4. The van der Waals surface area contributed by atoms with Gasteiger partial charge in [-0.3, -0.25) is 4.79 Å². The molecule has 104 valence electrons. The summed E-state index contributed by atoms with van der Waals surface area (Å²) in [7, 11) is 1.60. The third-order valence-corrected chi connectivity index (χ3v) is 3.28. The second-order valence-corrected chi connectivity index (χ2v) is 4.72. The van der Waals surface area contributed by atoms with E-state index in [0.717, 1.165) is 31.6 Å². The van der Waals surface area contributed by atoms with Gasteiger partial charge in [-0.25, -0.2) is 4.98 Å². The van der Waals surface area contributed by atoms with Crippen LogP contribution in [0.5, 0.6) is 5.88 Å². The lowest BCUT2D eigenvalue weighted by atomic mass is 10.1. The Hall–Kier alpha value is -1.62. The predicted octanol–water partition coefficient (Wildman–Crippen LogP) is 1.19. The Kier molecular flexibility index (Phi) is 5.15. The third-order valence-electron chi connectivity index (χ3n) is 3.28. The van der Waals surface area contributed by atoms with E-state index < -0.39 is 0 Å². The number of methoxy groups -OCH3 is 1. The zero-order chi connectivity index (χ0) is 13.5. The van der Waals surface area contributed by atoms with Gasteiger partial charge in [0.1, 0.15) is 0 Å². The molecule has 2 rings (SSSR count). The number of nitrogens with zero attached hydrogens (tertiary/aromatic N) is 2. The lowest BCUT2D eigenvalue weighted by Crippen LogP contribution is -2.41. The van der Waals surface area contributed by atoms with Crippen LogP contribution >= 0.6 is 0 Å². The van der Waals surface area contributed by atoms with Crippen LogP contribution in [0.1, 0.15) is 25.0 Å². The second-order valence-electron chi connectivity index (χ2n) is 4.72. The highest BCUT2D eigenvalue weighted by Crippen LogP contribution is 2.08. The summed E-state index contributed by atoms with van der Waals surface area (Å²) in [6.07, 6.45) is 3.50. The van der Waals surface area contributed by atoms with Crippen molar-refractivity contribution in [3.05, 3.63) is 23.9 Å². The van der Waals surface area contributed by atoms with Gasteiger partial charge in [0.2, 0.25) is 11.8 Å². The van der Waals surface area contributed by atoms with E-state index in [2.05, 4.69) is 10.3 Å². The molecule has 1 aliphatic heterocycles. The average Bonchev–Trinajstić information content (AvgIpc) is 2.48. The fraction of sp³-hybridized carbons (Fsp3) is 0.571. The van der Waals surface area contributed by atoms with E-state index in [9.17, 15) is 4.79 Å². The van der Waals surface area contributed by atoms with Crippen LogP contribution in [0.25, 0.3) is 0 Å². The van der Waals surface area contributed by atoms with Crippen LogP contribution in [0.15, 0.2) is 18.2 Å². The van der Waals surface area contributed by atoms with E-state index in [0.29, 0.717) is 19.0 Å². The van der Waals surface area contributed by atoms with Gasteiger partial charge in [-0.15, -0.1) is 0 Å². The highest BCUT2D eigenvalue weighted by atomic mass is 16.5. The van der Waals surface area contributed by atoms with E-state index in [1.807, 2.05) is 23.1 Å². The van der Waals surface area contributed by atoms with Crippen molar-refractivity contribution in [3.63, 3.8) is 0 Å². The number of likely N-dealkylation sites (tertiary alicyclic amines) is 1. The first-order chi connectivity index (χ1) is 9.29. The van der Waals surface area contributed by atoms with Gasteiger partial charge < -0.3 is 15.0 Å². The van der Waals surface area contributed by atoms with Crippen LogP contribution < -0.4 is 10.1 Å². The molecule has 0 unspecified atom stereocenters. The Morgan fingerprint density at radius 1 is 1.37 bits per heavy atom. The van der Waals surface area contributed by atoms with Crippen LogP contribution in [0.2, 0.25) is 0 Å². The quantitative estimate of drug-likeness (QED) is 0.867. The van der Waals surface area contributed by atoms with Crippen LogP contribution in [0, 0.1) is 0 Å². The maximum atomic E-state index is 11.9. The number of nitrogens with one attached hydrogen (secondary N) is 1. The van der Waals surface area contributed by atoms with Gasteiger partial charge in [0, 0.05) is 25.7 Å². The van der Waals surface area contributed by atoms with Crippen molar-refractivity contribution in [3.8, 4) is 5.88 Å². The summed E-state index contributed by atoms with van der Waals surface area (Å²) >= 11 is 0. The fourth-order valence-electron chi connectivity index (χ4n) is 2.22. The highest BCUT2D eigenvalue weighted by molar-refractivity contribution is 5.78. The number of carbonyl (C=O) groups is 1. The van der Waals surface area contributed by atoms with Gasteiger partial charge in [0.25, 0.3) is 0 Å². The van der Waals surface area contributed by atoms with Gasteiger partial charge >= 0.3 is 0 Å². The summed E-state index contributed by atoms with van der Waals surface area (Å²) < 4.78 is 5.06. The number of aromatic nitrogens is 1. The molecule has 0 atom stereocenters. The Balaban J connectivity index is 1.74. The van der Waals surface area contributed by atoms with Crippen LogP contribution in [0.3, 0.4) is 0 Å². The van der Waals surface area contributed by atoms with Crippen LogP contribution in [-0.4, -0.2) is 42.5 Å². The van der Waals surface area contributed by atoms with Crippen molar-refractivity contribution in [1.82, 2.24) is 15.2 Å². The number of piperidine rings is 1. The molecule has 1 N–H and O–H groups in total. The summed E-state index contributed by atoms with van der Waals surface area (Å²) in [5.74, 6) is 0.782. The minimum Gasteiger partial charge on any atom is -0.481 e. The third kappa shape index (κ3) is 4.21. The predicted molar refractivity (Wildman–Crippen MR) is 72.9 cm³/mol. The van der Waals surface area contributed by atoms with E-state index in [1.54, 1.807) is 7.11 Å². The van der Waals surface area contributed by atoms with E-state index in [1.165, 1.54) is 6.42 Å². The molecule has 1 aromatic heterocycles. The second kappa shape index (κ2) is 7.09. The molecule has 1 fully saturated rings. The summed E-state index contributed by atoms with van der Waals surface area (Å²) in [5, 5.41) is 3.14. The van der Waals surface area contributed by atoms with Gasteiger partial charge in [-0.2, -0.15) is 0 Å².